The average molecular weight is 485 g/mol. The molecule has 0 aromatic heterocycles. The van der Waals surface area contributed by atoms with E-state index in [0.29, 0.717) is 23.5 Å². The lowest BCUT2D eigenvalue weighted by Gasteiger charge is -2.38. The molecule has 2 atom stereocenters. The molecule has 0 spiro atoms. The number of nitrogens with zero attached hydrogens (tertiary/aromatic N) is 2. The highest BCUT2D eigenvalue weighted by molar-refractivity contribution is 7.91. The number of amides is 3. The summed E-state index contributed by atoms with van der Waals surface area (Å²) in [7, 11) is -1.56. The molecule has 180 valence electrons. The highest BCUT2D eigenvalue weighted by atomic mass is 32.2. The van der Waals surface area contributed by atoms with Crippen LogP contribution in [0.4, 0.5) is 17.1 Å². The minimum atomic E-state index is -3.15. The van der Waals surface area contributed by atoms with E-state index in [1.165, 1.54) is 4.90 Å². The third-order valence-corrected chi connectivity index (χ3v) is 8.15. The molecule has 0 aliphatic carbocycles. The van der Waals surface area contributed by atoms with E-state index in [-0.39, 0.29) is 42.2 Å². The zero-order valence-electron chi connectivity index (χ0n) is 19.2. The summed E-state index contributed by atoms with van der Waals surface area (Å²) in [6.45, 7) is 1.73. The molecule has 3 amide bonds. The van der Waals surface area contributed by atoms with Gasteiger partial charge in [0.2, 0.25) is 17.7 Å². The van der Waals surface area contributed by atoms with Crippen molar-refractivity contribution in [1.82, 2.24) is 4.90 Å². The van der Waals surface area contributed by atoms with Crippen molar-refractivity contribution in [3.05, 3.63) is 54.1 Å². The smallest absolute Gasteiger partial charge is 0.247 e. The van der Waals surface area contributed by atoms with Gasteiger partial charge in [0, 0.05) is 18.8 Å². The number of carbonyl (C=O) groups excluding carboxylic acids is 3. The maximum absolute atomic E-state index is 13.1. The molecule has 0 radical (unpaired) electrons. The predicted molar refractivity (Wildman–Crippen MR) is 130 cm³/mol. The molecule has 0 saturated carbocycles. The number of aryl methyl sites for hydroxylation is 1. The van der Waals surface area contributed by atoms with Crippen LogP contribution in [0, 0.1) is 6.92 Å². The van der Waals surface area contributed by atoms with Crippen molar-refractivity contribution >= 4 is 44.6 Å². The number of likely N-dealkylation sites (N-methyl/N-ethyl adjacent to an activating group) is 1. The second kappa shape index (κ2) is 9.46. The number of sulfone groups is 1. The molecule has 2 heterocycles. The first-order valence-electron chi connectivity index (χ1n) is 11.1. The van der Waals surface area contributed by atoms with Crippen LogP contribution in [0.25, 0.3) is 0 Å². The van der Waals surface area contributed by atoms with Gasteiger partial charge in [-0.2, -0.15) is 0 Å². The topological polar surface area (TPSA) is 116 Å². The first kappa shape index (κ1) is 23.7. The number of anilines is 3. The Morgan fingerprint density at radius 3 is 2.56 bits per heavy atom. The molecule has 9 nitrogen and oxygen atoms in total. The summed E-state index contributed by atoms with van der Waals surface area (Å²) < 4.78 is 23.7. The maximum atomic E-state index is 13.1. The Kier molecular flexibility index (Phi) is 6.60. The molecule has 34 heavy (non-hydrogen) atoms. The lowest BCUT2D eigenvalue weighted by atomic mass is 10.0. The largest absolute Gasteiger partial charge is 0.348 e. The van der Waals surface area contributed by atoms with E-state index in [1.807, 2.05) is 25.1 Å². The van der Waals surface area contributed by atoms with Gasteiger partial charge in [0.25, 0.3) is 0 Å². The summed E-state index contributed by atoms with van der Waals surface area (Å²) in [4.78, 5) is 42.1. The van der Waals surface area contributed by atoms with Crippen molar-refractivity contribution < 1.29 is 22.8 Å². The van der Waals surface area contributed by atoms with E-state index >= 15 is 0 Å². The zero-order chi connectivity index (χ0) is 24.5. The summed E-state index contributed by atoms with van der Waals surface area (Å²) in [5.74, 6) is -1.03. The summed E-state index contributed by atoms with van der Waals surface area (Å²) >= 11 is 0. The van der Waals surface area contributed by atoms with Gasteiger partial charge in [0.1, 0.15) is 6.04 Å². The van der Waals surface area contributed by atoms with Gasteiger partial charge >= 0.3 is 0 Å². The molecular weight excluding hydrogens is 456 g/mol. The van der Waals surface area contributed by atoms with Crippen LogP contribution in [0.15, 0.2) is 48.5 Å². The molecule has 1 saturated heterocycles. The molecule has 2 aromatic carbocycles. The Morgan fingerprint density at radius 1 is 1.15 bits per heavy atom. The second-order valence-corrected chi connectivity index (χ2v) is 11.0. The number of carbonyl (C=O) groups is 3. The molecule has 2 aromatic rings. The second-order valence-electron chi connectivity index (χ2n) is 8.78. The Balaban J connectivity index is 1.55. The van der Waals surface area contributed by atoms with E-state index in [2.05, 4.69) is 10.6 Å². The molecule has 0 unspecified atom stereocenters. The lowest BCUT2D eigenvalue weighted by Crippen LogP contribution is -2.54. The molecule has 2 aliphatic heterocycles. The first-order valence-corrected chi connectivity index (χ1v) is 12.9. The quantitative estimate of drug-likeness (QED) is 0.646. The highest BCUT2D eigenvalue weighted by Crippen LogP contribution is 2.33. The molecule has 0 bridgehead atoms. The third kappa shape index (κ3) is 5.06. The Morgan fingerprint density at radius 2 is 1.85 bits per heavy atom. The normalized spacial score (nSPS) is 20.9. The number of para-hydroxylation sites is 3. The Hall–Kier alpha value is -3.40. The number of benzene rings is 2. The third-order valence-electron chi connectivity index (χ3n) is 6.40. The van der Waals surface area contributed by atoms with Gasteiger partial charge in [-0.05, 0) is 37.1 Å². The van der Waals surface area contributed by atoms with Gasteiger partial charge in [0.15, 0.2) is 9.84 Å². The van der Waals surface area contributed by atoms with Crippen molar-refractivity contribution in [3.63, 3.8) is 0 Å². The minimum Gasteiger partial charge on any atom is -0.348 e. The fourth-order valence-corrected chi connectivity index (χ4v) is 6.16. The Bertz CT molecular complexity index is 1230. The van der Waals surface area contributed by atoms with Crippen molar-refractivity contribution in [2.75, 3.05) is 40.6 Å². The van der Waals surface area contributed by atoms with Crippen LogP contribution in [0.3, 0.4) is 0 Å². The molecule has 10 heteroatoms. The minimum absolute atomic E-state index is 0.0609. The van der Waals surface area contributed by atoms with Crippen LogP contribution in [0.5, 0.6) is 0 Å². The van der Waals surface area contributed by atoms with Gasteiger partial charge in [-0.1, -0.05) is 30.3 Å². The van der Waals surface area contributed by atoms with Gasteiger partial charge in [0.05, 0.1) is 35.8 Å². The SMILES string of the molecule is Cc1ccccc1NC(=O)C[C@@H]1C(=O)Nc2ccccc2N1CC(=O)N(C)[C@@H]1CCS(=O)(=O)C1. The van der Waals surface area contributed by atoms with Crippen LogP contribution in [-0.4, -0.2) is 68.2 Å². The highest BCUT2D eigenvalue weighted by Gasteiger charge is 2.38. The van der Waals surface area contributed by atoms with E-state index in [9.17, 15) is 22.8 Å². The summed E-state index contributed by atoms with van der Waals surface area (Å²) in [5, 5.41) is 5.67. The predicted octanol–water partition coefficient (Wildman–Crippen LogP) is 1.80. The van der Waals surface area contributed by atoms with Gasteiger partial charge in [-0.15, -0.1) is 0 Å². The summed E-state index contributed by atoms with van der Waals surface area (Å²) in [5.41, 5.74) is 2.75. The molecule has 1 fully saturated rings. The maximum Gasteiger partial charge on any atom is 0.247 e. The van der Waals surface area contributed by atoms with Crippen molar-refractivity contribution in [2.45, 2.75) is 31.8 Å². The fraction of sp³-hybridized carbons (Fsp3) is 0.375. The molecular formula is C24H28N4O5S. The van der Waals surface area contributed by atoms with E-state index in [1.54, 1.807) is 42.3 Å². The fourth-order valence-electron chi connectivity index (χ4n) is 4.39. The van der Waals surface area contributed by atoms with Gasteiger partial charge < -0.3 is 20.4 Å². The number of rotatable bonds is 6. The summed E-state index contributed by atoms with van der Waals surface area (Å²) in [6, 6.07) is 13.2. The van der Waals surface area contributed by atoms with E-state index < -0.39 is 21.9 Å². The van der Waals surface area contributed by atoms with Crippen molar-refractivity contribution in [3.8, 4) is 0 Å². The molecule has 2 aliphatic rings. The van der Waals surface area contributed by atoms with Crippen molar-refractivity contribution in [1.29, 1.82) is 0 Å². The monoisotopic (exact) mass is 484 g/mol. The van der Waals surface area contributed by atoms with Crippen LogP contribution >= 0.6 is 0 Å². The average Bonchev–Trinajstić information content (AvgIpc) is 3.16. The van der Waals surface area contributed by atoms with Gasteiger partial charge in [-0.3, -0.25) is 14.4 Å². The standard InChI is InChI=1S/C24H28N4O5S/c1-16-7-3-4-8-18(16)25-22(29)13-21-24(31)26-19-9-5-6-10-20(19)28(21)14-23(30)27(2)17-11-12-34(32,33)15-17/h3-10,17,21H,11-15H2,1-2H3,(H,25,29)(H,26,31)/t17-,21-/m1/s1. The molecule has 2 N–H and O–H groups in total. The summed E-state index contributed by atoms with van der Waals surface area (Å²) in [6.07, 6.45) is 0.243. The number of hydrogen-bond donors (Lipinski definition) is 2. The van der Waals surface area contributed by atoms with Gasteiger partial charge in [-0.25, -0.2) is 8.42 Å². The van der Waals surface area contributed by atoms with Crippen LogP contribution < -0.4 is 15.5 Å². The zero-order valence-corrected chi connectivity index (χ0v) is 20.0. The van der Waals surface area contributed by atoms with Crippen LogP contribution in [-0.2, 0) is 24.2 Å². The number of fused-ring (bicyclic) bond motifs is 1. The van der Waals surface area contributed by atoms with Crippen LogP contribution in [0.1, 0.15) is 18.4 Å². The van der Waals surface area contributed by atoms with E-state index in [0.717, 1.165) is 5.56 Å². The molecule has 4 rings (SSSR count). The lowest BCUT2D eigenvalue weighted by molar-refractivity contribution is -0.130. The Labute approximate surface area is 199 Å². The van der Waals surface area contributed by atoms with Crippen LogP contribution in [0.2, 0.25) is 0 Å². The first-order chi connectivity index (χ1) is 16.1. The van der Waals surface area contributed by atoms with E-state index in [4.69, 9.17) is 0 Å². The van der Waals surface area contributed by atoms with Crippen molar-refractivity contribution in [2.24, 2.45) is 0 Å². The number of nitrogens with one attached hydrogen (secondary N) is 2. The number of hydrogen-bond acceptors (Lipinski definition) is 6.